The van der Waals surface area contributed by atoms with E-state index in [4.69, 9.17) is 5.73 Å². The fourth-order valence-electron chi connectivity index (χ4n) is 2.16. The summed E-state index contributed by atoms with van der Waals surface area (Å²) in [5.74, 6) is -1.13. The number of aromatic nitrogens is 1. The number of hydrogen-bond acceptors (Lipinski definition) is 4. The normalized spacial score (nSPS) is 22.5. The predicted octanol–water partition coefficient (Wildman–Crippen LogP) is -1.55. The van der Waals surface area contributed by atoms with Crippen molar-refractivity contribution < 1.29 is 14.7 Å². The van der Waals surface area contributed by atoms with Gasteiger partial charge in [0.05, 0.1) is 6.10 Å². The fourth-order valence-corrected chi connectivity index (χ4v) is 2.16. The number of hydrogen-bond donors (Lipinski definition) is 2. The Morgan fingerprint density at radius 2 is 2.16 bits per heavy atom. The van der Waals surface area contributed by atoms with Gasteiger partial charge in [-0.1, -0.05) is 0 Å². The molecule has 2 unspecified atom stereocenters. The lowest BCUT2D eigenvalue weighted by molar-refractivity contribution is -0.121. The summed E-state index contributed by atoms with van der Waals surface area (Å²) >= 11 is 0. The van der Waals surface area contributed by atoms with E-state index < -0.39 is 24.0 Å². The first-order valence-electron chi connectivity index (χ1n) is 5.85. The second-order valence-electron chi connectivity index (χ2n) is 4.63. The van der Waals surface area contributed by atoms with Gasteiger partial charge in [0.2, 0.25) is 5.91 Å². The van der Waals surface area contributed by atoms with Crippen LogP contribution in [-0.2, 0) is 11.8 Å². The maximum Gasteiger partial charge on any atom is 0.254 e. The minimum atomic E-state index is -0.827. The highest BCUT2D eigenvalue weighted by atomic mass is 16.3. The van der Waals surface area contributed by atoms with Crippen LogP contribution < -0.4 is 11.3 Å². The number of nitrogens with zero attached hydrogens (tertiary/aromatic N) is 2. The number of pyridine rings is 1. The lowest BCUT2D eigenvalue weighted by Crippen LogP contribution is -2.44. The Kier molecular flexibility index (Phi) is 3.39. The zero-order chi connectivity index (χ0) is 14.2. The van der Waals surface area contributed by atoms with E-state index in [0.29, 0.717) is 0 Å². The van der Waals surface area contributed by atoms with Gasteiger partial charge in [-0.05, 0) is 6.07 Å². The molecule has 0 radical (unpaired) electrons. The molecule has 1 aromatic rings. The summed E-state index contributed by atoms with van der Waals surface area (Å²) in [6, 6.07) is 1.86. The highest BCUT2D eigenvalue weighted by molar-refractivity contribution is 5.97. The second-order valence-corrected chi connectivity index (χ2v) is 4.63. The Balaban J connectivity index is 2.30. The Hall–Kier alpha value is -2.15. The Morgan fingerprint density at radius 3 is 2.74 bits per heavy atom. The quantitative estimate of drug-likeness (QED) is 0.675. The van der Waals surface area contributed by atoms with E-state index in [1.54, 1.807) is 7.05 Å². The number of amides is 2. The van der Waals surface area contributed by atoms with Crippen LogP contribution >= 0.6 is 0 Å². The molecular formula is C12H15N3O4. The molecule has 2 rings (SSSR count). The second kappa shape index (κ2) is 4.85. The van der Waals surface area contributed by atoms with Gasteiger partial charge in [0.15, 0.2) is 0 Å². The van der Waals surface area contributed by atoms with Gasteiger partial charge in [-0.15, -0.1) is 0 Å². The van der Waals surface area contributed by atoms with Crippen molar-refractivity contribution in [3.05, 3.63) is 34.2 Å². The predicted molar refractivity (Wildman–Crippen MR) is 66.3 cm³/mol. The standard InChI is InChI=1S/C12H15N3O4/c1-14-3-2-7(4-10(14)17)12(19)15-6-8(16)5-9(15)11(13)18/h2-4,8-9,16H,5-6H2,1H3,(H2,13,18). The molecule has 2 atom stereocenters. The van der Waals surface area contributed by atoms with E-state index in [0.717, 1.165) is 0 Å². The van der Waals surface area contributed by atoms with Gasteiger partial charge in [-0.2, -0.15) is 0 Å². The largest absolute Gasteiger partial charge is 0.391 e. The van der Waals surface area contributed by atoms with Crippen LogP contribution in [0.15, 0.2) is 23.1 Å². The molecule has 0 aromatic carbocycles. The summed E-state index contributed by atoms with van der Waals surface area (Å²) < 4.78 is 1.33. The summed E-state index contributed by atoms with van der Waals surface area (Å²) in [5, 5.41) is 9.55. The molecule has 0 saturated carbocycles. The molecule has 2 heterocycles. The summed E-state index contributed by atoms with van der Waals surface area (Å²) in [6.07, 6.45) is 0.834. The molecule has 19 heavy (non-hydrogen) atoms. The third-order valence-electron chi connectivity index (χ3n) is 3.22. The zero-order valence-corrected chi connectivity index (χ0v) is 10.4. The van der Waals surface area contributed by atoms with E-state index in [1.165, 1.54) is 27.8 Å². The number of aliphatic hydroxyl groups excluding tert-OH is 1. The average Bonchev–Trinajstić information content (AvgIpc) is 2.74. The molecule has 0 aliphatic carbocycles. The molecule has 7 nitrogen and oxygen atoms in total. The molecule has 1 saturated heterocycles. The van der Waals surface area contributed by atoms with Crippen LogP contribution in [0.2, 0.25) is 0 Å². The molecule has 102 valence electrons. The van der Waals surface area contributed by atoms with Gasteiger partial charge >= 0.3 is 0 Å². The highest BCUT2D eigenvalue weighted by Gasteiger charge is 2.38. The number of primary amides is 1. The first kappa shape index (κ1) is 13.3. The third kappa shape index (κ3) is 2.50. The van der Waals surface area contributed by atoms with Crippen molar-refractivity contribution in [1.82, 2.24) is 9.47 Å². The first-order valence-corrected chi connectivity index (χ1v) is 5.85. The van der Waals surface area contributed by atoms with Crippen molar-refractivity contribution in [2.45, 2.75) is 18.6 Å². The van der Waals surface area contributed by atoms with Crippen LogP contribution in [0.1, 0.15) is 16.8 Å². The Bertz CT molecular complexity index is 581. The van der Waals surface area contributed by atoms with E-state index in [9.17, 15) is 19.5 Å². The number of carbonyl (C=O) groups excluding carboxylic acids is 2. The number of aliphatic hydroxyl groups is 1. The summed E-state index contributed by atoms with van der Waals surface area (Å²) in [4.78, 5) is 36.2. The molecule has 1 aliphatic rings. The zero-order valence-electron chi connectivity index (χ0n) is 10.4. The smallest absolute Gasteiger partial charge is 0.254 e. The minimum Gasteiger partial charge on any atom is -0.391 e. The molecule has 0 spiro atoms. The highest BCUT2D eigenvalue weighted by Crippen LogP contribution is 2.20. The van der Waals surface area contributed by atoms with E-state index in [-0.39, 0.29) is 24.1 Å². The van der Waals surface area contributed by atoms with Crippen LogP contribution in [0, 0.1) is 0 Å². The van der Waals surface area contributed by atoms with Gasteiger partial charge < -0.3 is 20.3 Å². The Morgan fingerprint density at radius 1 is 1.47 bits per heavy atom. The van der Waals surface area contributed by atoms with E-state index in [2.05, 4.69) is 0 Å². The number of carbonyl (C=O) groups is 2. The topological polar surface area (TPSA) is 106 Å². The van der Waals surface area contributed by atoms with Crippen LogP contribution in [-0.4, -0.2) is 45.1 Å². The number of β-amino-alcohol motifs (C(OH)–C–C–N with tert-alkyl or cyclic N) is 1. The maximum absolute atomic E-state index is 12.2. The van der Waals surface area contributed by atoms with Gasteiger partial charge in [0.25, 0.3) is 11.5 Å². The summed E-state index contributed by atoms with van der Waals surface area (Å²) in [7, 11) is 1.57. The van der Waals surface area contributed by atoms with Gasteiger partial charge in [-0.25, -0.2) is 0 Å². The average molecular weight is 265 g/mol. The van der Waals surface area contributed by atoms with Gasteiger partial charge in [-0.3, -0.25) is 14.4 Å². The monoisotopic (exact) mass is 265 g/mol. The van der Waals surface area contributed by atoms with Gasteiger partial charge in [0, 0.05) is 37.8 Å². The first-order chi connectivity index (χ1) is 8.90. The van der Waals surface area contributed by atoms with Crippen LogP contribution in [0.4, 0.5) is 0 Å². The molecule has 1 aliphatic heterocycles. The fraction of sp³-hybridized carbons (Fsp3) is 0.417. The minimum absolute atomic E-state index is 0.0433. The van der Waals surface area contributed by atoms with Crippen LogP contribution in [0.5, 0.6) is 0 Å². The van der Waals surface area contributed by atoms with Crippen molar-refractivity contribution >= 4 is 11.8 Å². The van der Waals surface area contributed by atoms with Crippen LogP contribution in [0.3, 0.4) is 0 Å². The lowest BCUT2D eigenvalue weighted by atomic mass is 10.1. The van der Waals surface area contributed by atoms with E-state index >= 15 is 0 Å². The van der Waals surface area contributed by atoms with Crippen LogP contribution in [0.25, 0.3) is 0 Å². The van der Waals surface area contributed by atoms with Crippen molar-refractivity contribution in [2.75, 3.05) is 6.54 Å². The molecule has 0 bridgehead atoms. The number of nitrogens with two attached hydrogens (primary N) is 1. The molecule has 7 heteroatoms. The third-order valence-corrected chi connectivity index (χ3v) is 3.22. The SMILES string of the molecule is Cn1ccc(C(=O)N2CC(O)CC2C(N)=O)cc1=O. The number of rotatable bonds is 2. The summed E-state index contributed by atoms with van der Waals surface area (Å²) in [5.41, 5.74) is 5.08. The number of likely N-dealkylation sites (tertiary alicyclic amines) is 1. The molecule has 2 amide bonds. The van der Waals surface area contributed by atoms with Crippen molar-refractivity contribution in [3.8, 4) is 0 Å². The molecular weight excluding hydrogens is 250 g/mol. The molecule has 3 N–H and O–H groups in total. The Labute approximate surface area is 109 Å². The molecule has 1 aromatic heterocycles. The lowest BCUT2D eigenvalue weighted by Gasteiger charge is -2.21. The maximum atomic E-state index is 12.2. The van der Waals surface area contributed by atoms with Crippen molar-refractivity contribution in [3.63, 3.8) is 0 Å². The molecule has 1 fully saturated rings. The number of aryl methyl sites for hydroxylation is 1. The van der Waals surface area contributed by atoms with E-state index in [1.807, 2.05) is 0 Å². The van der Waals surface area contributed by atoms with Crippen molar-refractivity contribution in [2.24, 2.45) is 12.8 Å². The van der Waals surface area contributed by atoms with Crippen molar-refractivity contribution in [1.29, 1.82) is 0 Å². The summed E-state index contributed by atoms with van der Waals surface area (Å²) in [6.45, 7) is 0.0433. The van der Waals surface area contributed by atoms with Gasteiger partial charge in [0.1, 0.15) is 6.04 Å².